The van der Waals surface area contributed by atoms with Gasteiger partial charge in [-0.25, -0.2) is 5.84 Å². The first kappa shape index (κ1) is 27.7. The number of halogens is 3. The molecule has 13 heteroatoms. The second-order valence-corrected chi connectivity index (χ2v) is 9.07. The number of alkyl halides is 3. The van der Waals surface area contributed by atoms with Crippen molar-refractivity contribution >= 4 is 28.7 Å². The van der Waals surface area contributed by atoms with E-state index in [-0.39, 0.29) is 11.3 Å². The molecular weight excluding hydrogens is 513 g/mol. The molecule has 1 fully saturated rings. The number of nitrogens with one attached hydrogen (secondary N) is 1. The molecule has 0 bridgehead atoms. The molecule has 206 valence electrons. The Morgan fingerprint density at radius 2 is 1.87 bits per heavy atom. The summed E-state index contributed by atoms with van der Waals surface area (Å²) in [4.78, 5) is 25.5. The number of hydrazine groups is 1. The van der Waals surface area contributed by atoms with E-state index in [0.29, 0.717) is 41.4 Å². The Morgan fingerprint density at radius 1 is 1.13 bits per heavy atom. The van der Waals surface area contributed by atoms with Gasteiger partial charge in [0.1, 0.15) is 5.75 Å². The van der Waals surface area contributed by atoms with Crippen LogP contribution in [0.1, 0.15) is 21.6 Å². The molecule has 1 aromatic carbocycles. The van der Waals surface area contributed by atoms with Gasteiger partial charge in [0.05, 0.1) is 29.0 Å². The maximum absolute atomic E-state index is 13.2. The van der Waals surface area contributed by atoms with Crippen LogP contribution in [0.3, 0.4) is 0 Å². The van der Waals surface area contributed by atoms with Crippen molar-refractivity contribution in [3.05, 3.63) is 78.0 Å². The van der Waals surface area contributed by atoms with Gasteiger partial charge in [-0.1, -0.05) is 0 Å². The summed E-state index contributed by atoms with van der Waals surface area (Å²) in [5, 5.41) is 3.95. The van der Waals surface area contributed by atoms with Gasteiger partial charge >= 0.3 is 6.36 Å². The molecule has 10 nitrogen and oxygen atoms in total. The van der Waals surface area contributed by atoms with E-state index in [9.17, 15) is 18.0 Å². The van der Waals surface area contributed by atoms with Crippen molar-refractivity contribution in [2.24, 2.45) is 11.6 Å². The number of carbonyl (C=O) groups excluding carboxylic acids is 1. The smallest absolute Gasteiger partial charge is 0.406 e. The first-order chi connectivity index (χ1) is 18.5. The standard InChI is InChI=1S/C26H29F3N8O2/c1-17-24(37(31)16-23(30)18-4-3-5-32-14-18)12-20(15-33-17)34-25(38)19-10-21(36-8-6-35(2)7-9-36)13-22(11-19)39-26(27,28)29/h3-5,10-16H,6-9,30-31H2,1-2H3,(H,34,38)/b23-16-. The number of carbonyl (C=O) groups is 1. The minimum absolute atomic E-state index is 0.00174. The summed E-state index contributed by atoms with van der Waals surface area (Å²) in [6.45, 7) is 4.40. The zero-order valence-corrected chi connectivity index (χ0v) is 21.4. The number of amides is 1. The summed E-state index contributed by atoms with van der Waals surface area (Å²) >= 11 is 0. The lowest BCUT2D eigenvalue weighted by Gasteiger charge is -2.34. The average molecular weight is 543 g/mol. The molecule has 3 heterocycles. The average Bonchev–Trinajstić information content (AvgIpc) is 2.89. The van der Waals surface area contributed by atoms with Crippen LogP contribution in [0.5, 0.6) is 5.75 Å². The van der Waals surface area contributed by atoms with Gasteiger partial charge in [0.2, 0.25) is 0 Å². The number of aromatic nitrogens is 2. The quantitative estimate of drug-likeness (QED) is 0.304. The molecule has 1 saturated heterocycles. The number of rotatable bonds is 7. The first-order valence-corrected chi connectivity index (χ1v) is 12.0. The summed E-state index contributed by atoms with van der Waals surface area (Å²) in [7, 11) is 1.97. The van der Waals surface area contributed by atoms with Crippen LogP contribution in [0, 0.1) is 6.92 Å². The molecule has 0 unspecified atom stereocenters. The number of anilines is 3. The van der Waals surface area contributed by atoms with E-state index in [1.165, 1.54) is 23.5 Å². The molecule has 0 aliphatic carbocycles. The summed E-state index contributed by atoms with van der Waals surface area (Å²) in [5.74, 6) is 5.10. The summed E-state index contributed by atoms with van der Waals surface area (Å²) < 4.78 is 43.2. The Morgan fingerprint density at radius 3 is 2.54 bits per heavy atom. The minimum Gasteiger partial charge on any atom is -0.406 e. The normalized spacial score (nSPS) is 14.7. The van der Waals surface area contributed by atoms with E-state index >= 15 is 0 Å². The number of aryl methyl sites for hydroxylation is 1. The van der Waals surface area contributed by atoms with Crippen molar-refractivity contribution in [2.75, 3.05) is 48.5 Å². The Hall–Kier alpha value is -4.36. The van der Waals surface area contributed by atoms with Gasteiger partial charge in [0.25, 0.3) is 5.91 Å². The van der Waals surface area contributed by atoms with Gasteiger partial charge in [-0.05, 0) is 44.3 Å². The van der Waals surface area contributed by atoms with Crippen molar-refractivity contribution in [1.29, 1.82) is 0 Å². The highest BCUT2D eigenvalue weighted by Gasteiger charge is 2.32. The Kier molecular flexibility index (Phi) is 8.21. The van der Waals surface area contributed by atoms with E-state index in [1.807, 2.05) is 11.9 Å². The predicted octanol–water partition coefficient (Wildman–Crippen LogP) is 3.33. The van der Waals surface area contributed by atoms with Gasteiger partial charge in [-0.15, -0.1) is 13.2 Å². The van der Waals surface area contributed by atoms with Crippen LogP contribution in [0.2, 0.25) is 0 Å². The molecule has 1 aliphatic heterocycles. The van der Waals surface area contributed by atoms with Crippen LogP contribution < -0.4 is 31.5 Å². The van der Waals surface area contributed by atoms with Crippen molar-refractivity contribution < 1.29 is 22.7 Å². The number of nitrogens with zero attached hydrogens (tertiary/aromatic N) is 5. The van der Waals surface area contributed by atoms with Crippen molar-refractivity contribution in [3.63, 3.8) is 0 Å². The first-order valence-electron chi connectivity index (χ1n) is 12.0. The molecule has 5 N–H and O–H groups in total. The topological polar surface area (TPSA) is 126 Å². The third kappa shape index (κ3) is 7.36. The lowest BCUT2D eigenvalue weighted by molar-refractivity contribution is -0.274. The number of hydrogen-bond donors (Lipinski definition) is 3. The number of hydrogen-bond acceptors (Lipinski definition) is 9. The highest BCUT2D eigenvalue weighted by Crippen LogP contribution is 2.30. The minimum atomic E-state index is -4.90. The van der Waals surface area contributed by atoms with Crippen LogP contribution in [-0.4, -0.2) is 60.4 Å². The highest BCUT2D eigenvalue weighted by atomic mass is 19.4. The number of piperazine rings is 1. The fraction of sp³-hybridized carbons (Fsp3) is 0.269. The van der Waals surface area contributed by atoms with Crippen molar-refractivity contribution in [1.82, 2.24) is 14.9 Å². The van der Waals surface area contributed by atoms with Crippen molar-refractivity contribution in [3.8, 4) is 5.75 Å². The number of nitrogens with two attached hydrogens (primary N) is 2. The molecule has 2 aromatic heterocycles. The SMILES string of the molecule is Cc1ncc(NC(=O)c2cc(OC(F)(F)F)cc(N3CCN(C)CC3)c2)cc1N(N)/C=C(\N)c1cccnc1. The number of likely N-dealkylation sites (N-methyl/N-ethyl adjacent to an activating group) is 1. The molecule has 3 aromatic rings. The molecular formula is C26H29F3N8O2. The Labute approximate surface area is 223 Å². The third-order valence-corrected chi connectivity index (χ3v) is 6.12. The second kappa shape index (κ2) is 11.6. The summed E-state index contributed by atoms with van der Waals surface area (Å²) in [6, 6.07) is 8.98. The fourth-order valence-corrected chi connectivity index (χ4v) is 4.04. The molecule has 0 saturated carbocycles. The van der Waals surface area contributed by atoms with Crippen LogP contribution >= 0.6 is 0 Å². The van der Waals surface area contributed by atoms with Crippen LogP contribution in [-0.2, 0) is 0 Å². The summed E-state index contributed by atoms with van der Waals surface area (Å²) in [6.07, 6.45) is 1.23. The monoisotopic (exact) mass is 542 g/mol. The number of benzene rings is 1. The van der Waals surface area contributed by atoms with Gasteiger partial charge in [0, 0.05) is 67.7 Å². The van der Waals surface area contributed by atoms with Gasteiger partial charge in [0.15, 0.2) is 0 Å². The van der Waals surface area contributed by atoms with E-state index in [0.717, 1.165) is 19.2 Å². The van der Waals surface area contributed by atoms with Gasteiger partial charge in [-0.3, -0.25) is 19.8 Å². The van der Waals surface area contributed by atoms with E-state index < -0.39 is 18.0 Å². The number of pyridine rings is 2. The van der Waals surface area contributed by atoms with Gasteiger partial charge in [-0.2, -0.15) is 0 Å². The lowest BCUT2D eigenvalue weighted by atomic mass is 10.1. The lowest BCUT2D eigenvalue weighted by Crippen LogP contribution is -2.44. The molecule has 4 rings (SSSR count). The fourth-order valence-electron chi connectivity index (χ4n) is 4.04. The van der Waals surface area contributed by atoms with E-state index in [2.05, 4.69) is 24.9 Å². The zero-order chi connectivity index (χ0) is 28.2. The summed E-state index contributed by atoms with van der Waals surface area (Å²) in [5.41, 5.74) is 8.91. The Balaban J connectivity index is 1.58. The van der Waals surface area contributed by atoms with Crippen LogP contribution in [0.25, 0.3) is 5.70 Å². The molecule has 0 atom stereocenters. The van der Waals surface area contributed by atoms with E-state index in [1.54, 1.807) is 43.6 Å². The van der Waals surface area contributed by atoms with Crippen LogP contribution in [0.4, 0.5) is 30.2 Å². The van der Waals surface area contributed by atoms with Crippen LogP contribution in [0.15, 0.2) is 61.2 Å². The maximum atomic E-state index is 13.2. The van der Waals surface area contributed by atoms with Gasteiger partial charge < -0.3 is 25.6 Å². The Bertz CT molecular complexity index is 1340. The molecule has 1 amide bonds. The largest absolute Gasteiger partial charge is 0.573 e. The number of ether oxygens (including phenoxy) is 1. The molecule has 0 spiro atoms. The predicted molar refractivity (Wildman–Crippen MR) is 143 cm³/mol. The second-order valence-electron chi connectivity index (χ2n) is 9.07. The molecule has 0 radical (unpaired) electrons. The van der Waals surface area contributed by atoms with E-state index in [4.69, 9.17) is 11.6 Å². The zero-order valence-electron chi connectivity index (χ0n) is 21.4. The maximum Gasteiger partial charge on any atom is 0.573 e. The molecule has 1 aliphatic rings. The highest BCUT2D eigenvalue weighted by molar-refractivity contribution is 6.05. The third-order valence-electron chi connectivity index (χ3n) is 6.12. The molecule has 39 heavy (non-hydrogen) atoms. The van der Waals surface area contributed by atoms with Crippen molar-refractivity contribution in [2.45, 2.75) is 13.3 Å².